The number of aromatic nitrogens is 1. The van der Waals surface area contributed by atoms with E-state index in [1.165, 1.54) is 30.3 Å². The number of amides is 1. The molecule has 0 aliphatic carbocycles. The first-order valence-electron chi connectivity index (χ1n) is 9.61. The molecule has 0 saturated heterocycles. The van der Waals surface area contributed by atoms with Gasteiger partial charge in [0.25, 0.3) is 11.6 Å². The van der Waals surface area contributed by atoms with Crippen LogP contribution in [-0.4, -0.2) is 21.8 Å². The summed E-state index contributed by atoms with van der Waals surface area (Å²) in [4.78, 5) is 37.6. The number of rotatable bonds is 6. The lowest BCUT2D eigenvalue weighted by atomic mass is 10.2. The number of nitro groups is 1. The highest BCUT2D eigenvalue weighted by molar-refractivity contribution is 6.06. The molecule has 1 amide bonds. The molecule has 8 nitrogen and oxygen atoms in total. The third-order valence-corrected chi connectivity index (χ3v) is 4.62. The summed E-state index contributed by atoms with van der Waals surface area (Å²) in [6.45, 7) is 0. The first-order valence-corrected chi connectivity index (χ1v) is 9.61. The third-order valence-electron chi connectivity index (χ3n) is 4.62. The van der Waals surface area contributed by atoms with Gasteiger partial charge in [0.15, 0.2) is 0 Å². The van der Waals surface area contributed by atoms with Gasteiger partial charge in [-0.1, -0.05) is 30.3 Å². The zero-order valence-electron chi connectivity index (χ0n) is 16.6. The summed E-state index contributed by atoms with van der Waals surface area (Å²) >= 11 is 0. The van der Waals surface area contributed by atoms with E-state index in [2.05, 4.69) is 10.3 Å². The number of anilines is 1. The Kier molecular flexibility index (Phi) is 5.76. The zero-order chi connectivity index (χ0) is 22.5. The van der Waals surface area contributed by atoms with Crippen molar-refractivity contribution in [3.05, 3.63) is 106 Å². The largest absolute Gasteiger partial charge is 0.423 e. The second-order valence-corrected chi connectivity index (χ2v) is 6.85. The van der Waals surface area contributed by atoms with Gasteiger partial charge < -0.3 is 15.0 Å². The van der Waals surface area contributed by atoms with Gasteiger partial charge in [0.1, 0.15) is 11.4 Å². The first-order chi connectivity index (χ1) is 15.5. The fourth-order valence-corrected chi connectivity index (χ4v) is 3.02. The van der Waals surface area contributed by atoms with Crippen LogP contribution < -0.4 is 10.1 Å². The summed E-state index contributed by atoms with van der Waals surface area (Å²) in [7, 11) is 0. The number of H-pyrrole nitrogens is 1. The Morgan fingerprint density at radius 1 is 0.969 bits per heavy atom. The zero-order valence-corrected chi connectivity index (χ0v) is 16.6. The summed E-state index contributed by atoms with van der Waals surface area (Å²) in [5.41, 5.74) is 2.61. The van der Waals surface area contributed by atoms with Crippen molar-refractivity contribution in [2.45, 2.75) is 0 Å². The number of nitrogens with one attached hydrogen (secondary N) is 2. The molecular weight excluding hydrogens is 410 g/mol. The summed E-state index contributed by atoms with van der Waals surface area (Å²) in [6, 6.07) is 21.6. The quantitative estimate of drug-likeness (QED) is 0.149. The highest BCUT2D eigenvalue weighted by atomic mass is 16.6. The van der Waals surface area contributed by atoms with Crippen LogP contribution in [0.2, 0.25) is 0 Å². The monoisotopic (exact) mass is 427 g/mol. The Morgan fingerprint density at radius 2 is 1.69 bits per heavy atom. The molecule has 0 aliphatic heterocycles. The number of benzene rings is 3. The van der Waals surface area contributed by atoms with Crippen molar-refractivity contribution < 1.29 is 19.2 Å². The Balaban J connectivity index is 1.34. The highest BCUT2D eigenvalue weighted by Gasteiger charge is 2.10. The van der Waals surface area contributed by atoms with E-state index < -0.39 is 10.9 Å². The van der Waals surface area contributed by atoms with Gasteiger partial charge in [0.05, 0.1) is 4.92 Å². The van der Waals surface area contributed by atoms with Crippen LogP contribution in [0.25, 0.3) is 17.0 Å². The van der Waals surface area contributed by atoms with Crippen LogP contribution in [0.3, 0.4) is 0 Å². The number of esters is 1. The fourth-order valence-electron chi connectivity index (χ4n) is 3.02. The van der Waals surface area contributed by atoms with E-state index in [1.54, 1.807) is 36.4 Å². The number of hydrogen-bond acceptors (Lipinski definition) is 5. The van der Waals surface area contributed by atoms with Gasteiger partial charge in [-0.15, -0.1) is 0 Å². The van der Waals surface area contributed by atoms with Gasteiger partial charge >= 0.3 is 5.97 Å². The molecule has 0 aliphatic rings. The van der Waals surface area contributed by atoms with Crippen LogP contribution >= 0.6 is 0 Å². The van der Waals surface area contributed by atoms with Crippen molar-refractivity contribution in [3.63, 3.8) is 0 Å². The van der Waals surface area contributed by atoms with Crippen LogP contribution in [0.5, 0.6) is 5.75 Å². The van der Waals surface area contributed by atoms with Crippen LogP contribution in [-0.2, 0) is 4.79 Å². The number of hydrogen-bond donors (Lipinski definition) is 2. The van der Waals surface area contributed by atoms with Gasteiger partial charge in [-0.25, -0.2) is 4.79 Å². The van der Waals surface area contributed by atoms with Crippen molar-refractivity contribution in [1.82, 2.24) is 4.98 Å². The highest BCUT2D eigenvalue weighted by Crippen LogP contribution is 2.19. The lowest BCUT2D eigenvalue weighted by molar-refractivity contribution is -0.384. The Bertz CT molecular complexity index is 1290. The maximum absolute atomic E-state index is 12.5. The molecule has 8 heteroatoms. The molecule has 4 aromatic rings. The van der Waals surface area contributed by atoms with E-state index in [4.69, 9.17) is 4.74 Å². The van der Waals surface area contributed by atoms with Crippen molar-refractivity contribution in [1.29, 1.82) is 0 Å². The maximum Gasteiger partial charge on any atom is 0.336 e. The van der Waals surface area contributed by atoms with E-state index in [0.717, 1.165) is 16.5 Å². The van der Waals surface area contributed by atoms with Gasteiger partial charge in [0.2, 0.25) is 0 Å². The number of fused-ring (bicyclic) bond motifs is 1. The van der Waals surface area contributed by atoms with Crippen LogP contribution in [0.15, 0.2) is 84.9 Å². The number of carbonyl (C=O) groups is 2. The second-order valence-electron chi connectivity index (χ2n) is 6.85. The number of nitrogens with zero attached hydrogens (tertiary/aromatic N) is 1. The van der Waals surface area contributed by atoms with Crippen molar-refractivity contribution in [3.8, 4) is 5.75 Å². The lowest BCUT2D eigenvalue weighted by Crippen LogP contribution is -2.12. The molecule has 32 heavy (non-hydrogen) atoms. The molecule has 1 heterocycles. The SMILES string of the molecule is O=C(C=Cc1ccc(NC(=O)c2cc3ccccc3[nH]2)cc1)Oc1ccc([N+](=O)[O-])cc1. The van der Waals surface area contributed by atoms with E-state index in [-0.39, 0.29) is 17.3 Å². The van der Waals surface area contributed by atoms with Gasteiger partial charge in [-0.2, -0.15) is 0 Å². The number of non-ortho nitro benzene ring substituents is 1. The van der Waals surface area contributed by atoms with Gasteiger partial charge in [-0.05, 0) is 48.0 Å². The fraction of sp³-hybridized carbons (Fsp3) is 0. The van der Waals surface area contributed by atoms with E-state index in [9.17, 15) is 19.7 Å². The smallest absolute Gasteiger partial charge is 0.336 e. The maximum atomic E-state index is 12.5. The van der Waals surface area contributed by atoms with Crippen LogP contribution in [0.1, 0.15) is 16.1 Å². The number of para-hydroxylation sites is 1. The summed E-state index contributed by atoms with van der Waals surface area (Å²) in [5, 5.41) is 14.4. The predicted molar refractivity (Wildman–Crippen MR) is 120 cm³/mol. The molecule has 0 saturated carbocycles. The number of carbonyl (C=O) groups excluding carboxylic acids is 2. The van der Waals surface area contributed by atoms with Crippen molar-refractivity contribution >= 4 is 40.2 Å². The molecule has 0 bridgehead atoms. The van der Waals surface area contributed by atoms with Crippen molar-refractivity contribution in [2.24, 2.45) is 0 Å². The number of ether oxygens (including phenoxy) is 1. The molecule has 158 valence electrons. The molecule has 0 atom stereocenters. The van der Waals surface area contributed by atoms with Crippen LogP contribution in [0.4, 0.5) is 11.4 Å². The van der Waals surface area contributed by atoms with E-state index in [0.29, 0.717) is 11.4 Å². The standard InChI is InChI=1S/C24H17N3O5/c28-23(32-20-12-10-19(11-13-20)27(30)31)14-7-16-5-8-18(9-6-16)25-24(29)22-15-17-3-1-2-4-21(17)26-22/h1-15,26H,(H,25,29). The minimum Gasteiger partial charge on any atom is -0.423 e. The molecule has 0 unspecified atom stereocenters. The molecule has 0 spiro atoms. The summed E-state index contributed by atoms with van der Waals surface area (Å²) in [6.07, 6.45) is 2.82. The van der Waals surface area contributed by atoms with Gasteiger partial charge in [0, 0.05) is 34.8 Å². The molecule has 3 aromatic carbocycles. The molecule has 2 N–H and O–H groups in total. The lowest BCUT2D eigenvalue weighted by Gasteiger charge is -2.04. The minimum absolute atomic E-state index is 0.0861. The normalized spacial score (nSPS) is 10.9. The number of aromatic amines is 1. The summed E-state index contributed by atoms with van der Waals surface area (Å²) < 4.78 is 5.11. The Hall–Kier alpha value is -4.72. The van der Waals surface area contributed by atoms with Crippen molar-refractivity contribution in [2.75, 3.05) is 5.32 Å². The molecule has 0 radical (unpaired) electrons. The van der Waals surface area contributed by atoms with E-state index >= 15 is 0 Å². The average molecular weight is 427 g/mol. The third kappa shape index (κ3) is 4.88. The predicted octanol–water partition coefficient (Wildman–Crippen LogP) is 4.95. The molecule has 1 aromatic heterocycles. The van der Waals surface area contributed by atoms with Gasteiger partial charge in [-0.3, -0.25) is 14.9 Å². The second kappa shape index (κ2) is 8.97. The molecule has 0 fully saturated rings. The van der Waals surface area contributed by atoms with E-state index in [1.807, 2.05) is 24.3 Å². The Morgan fingerprint density at radius 3 is 2.38 bits per heavy atom. The first kappa shape index (κ1) is 20.5. The molecule has 4 rings (SSSR count). The topological polar surface area (TPSA) is 114 Å². The van der Waals surface area contributed by atoms with Crippen LogP contribution in [0, 0.1) is 10.1 Å². The Labute approximate surface area is 182 Å². The number of nitro benzene ring substituents is 1. The minimum atomic E-state index is -0.616. The molecular formula is C24H17N3O5. The summed E-state index contributed by atoms with van der Waals surface area (Å²) in [5.74, 6) is -0.661. The average Bonchev–Trinajstić information content (AvgIpc) is 3.23.